The standard InChI is InChI=1S/C15H33NO3Si/c1-14(2,3)11-13-9-10-16(15(4,5)12-13)20(17-6,18-7)19-8/h13H,9-12H2,1-8H3. The lowest BCUT2D eigenvalue weighted by atomic mass is 9.76. The first-order chi connectivity index (χ1) is 9.10. The molecule has 0 saturated carbocycles. The third-order valence-electron chi connectivity index (χ3n) is 4.29. The molecule has 0 aromatic carbocycles. The van der Waals surface area contributed by atoms with Gasteiger partial charge in [-0.05, 0) is 51.0 Å². The Balaban J connectivity index is 2.85. The van der Waals surface area contributed by atoms with Gasteiger partial charge in [0, 0.05) is 26.9 Å². The van der Waals surface area contributed by atoms with Gasteiger partial charge in [0.25, 0.3) is 0 Å². The quantitative estimate of drug-likeness (QED) is 0.729. The molecule has 120 valence electrons. The summed E-state index contributed by atoms with van der Waals surface area (Å²) in [4.78, 5) is 0. The Hall–Kier alpha value is 0.0569. The molecule has 0 aromatic rings. The summed E-state index contributed by atoms with van der Waals surface area (Å²) in [5.74, 6) is 0.763. The predicted molar refractivity (Wildman–Crippen MR) is 84.4 cm³/mol. The van der Waals surface area contributed by atoms with Crippen molar-refractivity contribution in [2.75, 3.05) is 27.9 Å². The van der Waals surface area contributed by atoms with Crippen molar-refractivity contribution in [2.24, 2.45) is 11.3 Å². The SMILES string of the molecule is CO[Si](OC)(OC)N1CCC(CC(C)(C)C)CC1(C)C. The topological polar surface area (TPSA) is 30.9 Å². The van der Waals surface area contributed by atoms with Gasteiger partial charge in [-0.1, -0.05) is 20.8 Å². The third-order valence-corrected chi connectivity index (χ3v) is 7.32. The van der Waals surface area contributed by atoms with Gasteiger partial charge in [-0.15, -0.1) is 0 Å². The van der Waals surface area contributed by atoms with Crippen LogP contribution in [-0.4, -0.2) is 46.9 Å². The van der Waals surface area contributed by atoms with Crippen molar-refractivity contribution in [1.29, 1.82) is 0 Å². The first kappa shape index (κ1) is 18.1. The Labute approximate surface area is 126 Å². The van der Waals surface area contributed by atoms with E-state index in [2.05, 4.69) is 39.2 Å². The molecule has 1 unspecified atom stereocenters. The van der Waals surface area contributed by atoms with Crippen LogP contribution in [-0.2, 0) is 13.3 Å². The van der Waals surface area contributed by atoms with Crippen LogP contribution >= 0.6 is 0 Å². The molecule has 0 aliphatic carbocycles. The summed E-state index contributed by atoms with van der Waals surface area (Å²) in [6.45, 7) is 12.5. The number of nitrogens with zero attached hydrogens (tertiary/aromatic N) is 1. The molecule has 0 radical (unpaired) electrons. The van der Waals surface area contributed by atoms with E-state index in [-0.39, 0.29) is 5.54 Å². The summed E-state index contributed by atoms with van der Waals surface area (Å²) in [6, 6.07) is 0. The van der Waals surface area contributed by atoms with E-state index in [1.165, 1.54) is 12.8 Å². The summed E-state index contributed by atoms with van der Waals surface area (Å²) in [7, 11) is 2.37. The first-order valence-corrected chi connectivity index (χ1v) is 9.20. The fourth-order valence-electron chi connectivity index (χ4n) is 3.66. The van der Waals surface area contributed by atoms with Gasteiger partial charge in [0.2, 0.25) is 0 Å². The molecule has 1 aliphatic heterocycles. The van der Waals surface area contributed by atoms with Crippen LogP contribution in [0.2, 0.25) is 0 Å². The second kappa shape index (κ2) is 6.44. The monoisotopic (exact) mass is 303 g/mol. The zero-order valence-electron chi connectivity index (χ0n) is 14.6. The van der Waals surface area contributed by atoms with Gasteiger partial charge < -0.3 is 13.3 Å². The highest BCUT2D eigenvalue weighted by atomic mass is 28.4. The Bertz CT molecular complexity index is 302. The van der Waals surface area contributed by atoms with Crippen molar-refractivity contribution in [1.82, 2.24) is 4.57 Å². The van der Waals surface area contributed by atoms with Crippen LogP contribution < -0.4 is 0 Å². The molecule has 4 nitrogen and oxygen atoms in total. The van der Waals surface area contributed by atoms with Crippen LogP contribution in [0.1, 0.15) is 53.9 Å². The van der Waals surface area contributed by atoms with E-state index >= 15 is 0 Å². The fourth-order valence-corrected chi connectivity index (χ4v) is 6.06. The largest absolute Gasteiger partial charge is 0.599 e. The van der Waals surface area contributed by atoms with E-state index in [9.17, 15) is 0 Å². The molecule has 20 heavy (non-hydrogen) atoms. The summed E-state index contributed by atoms with van der Waals surface area (Å²) in [6.07, 6.45) is 3.62. The lowest BCUT2D eigenvalue weighted by molar-refractivity contribution is -0.0120. The molecule has 1 fully saturated rings. The zero-order chi connectivity index (χ0) is 15.6. The Morgan fingerprint density at radius 3 is 1.95 bits per heavy atom. The molecule has 1 saturated heterocycles. The molecule has 1 aliphatic rings. The summed E-state index contributed by atoms with van der Waals surface area (Å²) in [5, 5.41) is 0. The van der Waals surface area contributed by atoms with Gasteiger partial charge >= 0.3 is 8.97 Å². The van der Waals surface area contributed by atoms with E-state index < -0.39 is 8.97 Å². The minimum Gasteiger partial charge on any atom is -0.364 e. The van der Waals surface area contributed by atoms with E-state index in [1.807, 2.05) is 0 Å². The normalized spacial score (nSPS) is 24.9. The summed E-state index contributed by atoms with van der Waals surface area (Å²) >= 11 is 0. The zero-order valence-corrected chi connectivity index (χ0v) is 15.6. The van der Waals surface area contributed by atoms with Crippen molar-refractivity contribution >= 4 is 8.97 Å². The molecule has 5 heteroatoms. The lowest BCUT2D eigenvalue weighted by Crippen LogP contribution is -2.68. The maximum Gasteiger partial charge on any atom is 0.599 e. The van der Waals surface area contributed by atoms with Crippen molar-refractivity contribution in [3.8, 4) is 0 Å². The van der Waals surface area contributed by atoms with Crippen LogP contribution in [0, 0.1) is 11.3 Å². The molecule has 0 bridgehead atoms. The molecular weight excluding hydrogens is 270 g/mol. The minimum atomic E-state index is -2.71. The number of rotatable bonds is 5. The van der Waals surface area contributed by atoms with Crippen LogP contribution in [0.15, 0.2) is 0 Å². The van der Waals surface area contributed by atoms with Crippen LogP contribution in [0.4, 0.5) is 0 Å². The Kier molecular flexibility index (Phi) is 5.83. The first-order valence-electron chi connectivity index (χ1n) is 7.53. The second-order valence-electron chi connectivity index (χ2n) is 7.72. The molecule has 0 amide bonds. The summed E-state index contributed by atoms with van der Waals surface area (Å²) in [5.41, 5.74) is 0.434. The van der Waals surface area contributed by atoms with Gasteiger partial charge in [-0.3, -0.25) is 4.57 Å². The summed E-state index contributed by atoms with van der Waals surface area (Å²) < 4.78 is 19.3. The van der Waals surface area contributed by atoms with Gasteiger partial charge in [0.1, 0.15) is 0 Å². The van der Waals surface area contributed by atoms with Crippen molar-refractivity contribution in [2.45, 2.75) is 59.4 Å². The Morgan fingerprint density at radius 1 is 1.10 bits per heavy atom. The number of piperidine rings is 1. The molecule has 1 atom stereocenters. The highest BCUT2D eigenvalue weighted by Crippen LogP contribution is 2.40. The fraction of sp³-hybridized carbons (Fsp3) is 1.00. The third kappa shape index (κ3) is 4.04. The smallest absolute Gasteiger partial charge is 0.364 e. The van der Waals surface area contributed by atoms with Gasteiger partial charge in [0.05, 0.1) is 0 Å². The van der Waals surface area contributed by atoms with E-state index in [0.717, 1.165) is 18.9 Å². The molecule has 1 rings (SSSR count). The highest BCUT2D eigenvalue weighted by molar-refractivity contribution is 6.57. The Morgan fingerprint density at radius 2 is 1.60 bits per heavy atom. The molecule has 0 spiro atoms. The second-order valence-corrected chi connectivity index (χ2v) is 10.5. The predicted octanol–water partition coefficient (Wildman–Crippen LogP) is 3.29. The van der Waals surface area contributed by atoms with Crippen LogP contribution in [0.5, 0.6) is 0 Å². The number of hydrogen-bond acceptors (Lipinski definition) is 4. The lowest BCUT2D eigenvalue weighted by Gasteiger charge is -2.51. The van der Waals surface area contributed by atoms with Crippen LogP contribution in [0.25, 0.3) is 0 Å². The van der Waals surface area contributed by atoms with Gasteiger partial charge in [-0.25, -0.2) is 0 Å². The highest BCUT2D eigenvalue weighted by Gasteiger charge is 2.54. The molecule has 0 N–H and O–H groups in total. The molecule has 1 heterocycles. The number of hydrogen-bond donors (Lipinski definition) is 0. The van der Waals surface area contributed by atoms with Crippen molar-refractivity contribution < 1.29 is 13.3 Å². The average molecular weight is 304 g/mol. The van der Waals surface area contributed by atoms with Crippen molar-refractivity contribution in [3.63, 3.8) is 0 Å². The minimum absolute atomic E-state index is 0.0441. The van der Waals surface area contributed by atoms with E-state index in [0.29, 0.717) is 5.41 Å². The van der Waals surface area contributed by atoms with E-state index in [4.69, 9.17) is 13.3 Å². The average Bonchev–Trinajstić information content (AvgIpc) is 2.31. The molecule has 0 aromatic heterocycles. The van der Waals surface area contributed by atoms with Gasteiger partial charge in [-0.2, -0.15) is 0 Å². The van der Waals surface area contributed by atoms with Crippen LogP contribution in [0.3, 0.4) is 0 Å². The maximum absolute atomic E-state index is 5.67. The maximum atomic E-state index is 5.67. The van der Waals surface area contributed by atoms with E-state index in [1.54, 1.807) is 21.3 Å². The molecular formula is C15H33NO3Si. The van der Waals surface area contributed by atoms with Gasteiger partial charge in [0.15, 0.2) is 0 Å². The van der Waals surface area contributed by atoms with Crippen molar-refractivity contribution in [3.05, 3.63) is 0 Å².